The van der Waals surface area contributed by atoms with Crippen molar-refractivity contribution >= 4 is 11.5 Å². The third-order valence-electron chi connectivity index (χ3n) is 2.84. The summed E-state index contributed by atoms with van der Waals surface area (Å²) in [5.41, 5.74) is 8.91. The molecule has 94 valence electrons. The molecule has 0 saturated heterocycles. The van der Waals surface area contributed by atoms with Gasteiger partial charge in [-0.05, 0) is 37.5 Å². The van der Waals surface area contributed by atoms with Crippen molar-refractivity contribution in [1.29, 1.82) is 0 Å². The molecule has 1 heterocycles. The first-order valence-electron chi connectivity index (χ1n) is 6.26. The van der Waals surface area contributed by atoms with Gasteiger partial charge in [-0.1, -0.05) is 30.3 Å². The number of nitrogens with two attached hydrogens (primary N) is 1. The van der Waals surface area contributed by atoms with Crippen LogP contribution in [-0.4, -0.2) is 11.5 Å². The van der Waals surface area contributed by atoms with Crippen LogP contribution in [0.2, 0.25) is 0 Å². The van der Waals surface area contributed by atoms with Crippen molar-refractivity contribution in [3.05, 3.63) is 53.7 Å². The van der Waals surface area contributed by atoms with Crippen molar-refractivity contribution < 1.29 is 0 Å². The number of benzene rings is 1. The van der Waals surface area contributed by atoms with E-state index in [0.717, 1.165) is 30.9 Å². The molecule has 18 heavy (non-hydrogen) atoms. The number of nitrogens with zero attached hydrogens (tertiary/aromatic N) is 1. The van der Waals surface area contributed by atoms with Gasteiger partial charge in [-0.15, -0.1) is 0 Å². The van der Waals surface area contributed by atoms with Crippen LogP contribution in [0.25, 0.3) is 0 Å². The molecule has 1 aromatic carbocycles. The Bertz CT molecular complexity index is 494. The molecule has 0 aliphatic heterocycles. The van der Waals surface area contributed by atoms with Crippen LogP contribution in [0.5, 0.6) is 0 Å². The second kappa shape index (κ2) is 6.05. The predicted octanol–water partition coefficient (Wildman–Crippen LogP) is 3.02. The zero-order chi connectivity index (χ0) is 12.8. The van der Waals surface area contributed by atoms with Crippen LogP contribution >= 0.6 is 0 Å². The Labute approximate surface area is 108 Å². The van der Waals surface area contributed by atoms with Crippen molar-refractivity contribution in [3.8, 4) is 0 Å². The van der Waals surface area contributed by atoms with E-state index in [1.807, 2.05) is 25.1 Å². The number of hydrogen-bond donors (Lipinski definition) is 2. The topological polar surface area (TPSA) is 50.9 Å². The summed E-state index contributed by atoms with van der Waals surface area (Å²) >= 11 is 0. The van der Waals surface area contributed by atoms with Crippen LogP contribution < -0.4 is 11.1 Å². The summed E-state index contributed by atoms with van der Waals surface area (Å²) in [6.45, 7) is 2.85. The fraction of sp³-hybridized carbons (Fsp3) is 0.267. The number of hydrogen-bond acceptors (Lipinski definition) is 3. The van der Waals surface area contributed by atoms with E-state index in [0.29, 0.717) is 5.69 Å². The molecule has 0 aliphatic carbocycles. The van der Waals surface area contributed by atoms with Crippen LogP contribution in [0.3, 0.4) is 0 Å². The van der Waals surface area contributed by atoms with Crippen LogP contribution in [0.15, 0.2) is 42.5 Å². The molecule has 0 radical (unpaired) electrons. The maximum absolute atomic E-state index is 5.86. The van der Waals surface area contributed by atoms with E-state index in [2.05, 4.69) is 34.6 Å². The minimum atomic E-state index is 0.709. The Balaban J connectivity index is 1.80. The highest BCUT2D eigenvalue weighted by Gasteiger charge is 2.00. The quantitative estimate of drug-likeness (QED) is 0.791. The molecule has 3 nitrogen and oxygen atoms in total. The second-order valence-electron chi connectivity index (χ2n) is 4.41. The van der Waals surface area contributed by atoms with Crippen molar-refractivity contribution in [1.82, 2.24) is 4.98 Å². The van der Waals surface area contributed by atoms with E-state index >= 15 is 0 Å². The molecule has 1 aromatic heterocycles. The minimum absolute atomic E-state index is 0.709. The highest BCUT2D eigenvalue weighted by molar-refractivity contribution is 5.61. The van der Waals surface area contributed by atoms with Gasteiger partial charge in [-0.3, -0.25) is 0 Å². The number of anilines is 2. The van der Waals surface area contributed by atoms with Crippen LogP contribution in [0, 0.1) is 6.92 Å². The summed E-state index contributed by atoms with van der Waals surface area (Å²) in [6.07, 6.45) is 2.14. The van der Waals surface area contributed by atoms with E-state index in [1.165, 1.54) is 5.56 Å². The molecule has 0 saturated carbocycles. The van der Waals surface area contributed by atoms with Crippen LogP contribution in [0.1, 0.15) is 17.7 Å². The molecule has 0 atom stereocenters. The highest BCUT2D eigenvalue weighted by atomic mass is 15.0. The lowest BCUT2D eigenvalue weighted by atomic mass is 10.1. The van der Waals surface area contributed by atoms with Gasteiger partial charge in [0.25, 0.3) is 0 Å². The number of pyridine rings is 1. The lowest BCUT2D eigenvalue weighted by Crippen LogP contribution is -2.07. The lowest BCUT2D eigenvalue weighted by molar-refractivity contribution is 0.858. The monoisotopic (exact) mass is 241 g/mol. The molecule has 0 fully saturated rings. The summed E-state index contributed by atoms with van der Waals surface area (Å²) in [5, 5.41) is 3.29. The van der Waals surface area contributed by atoms with Gasteiger partial charge in [-0.2, -0.15) is 0 Å². The first-order chi connectivity index (χ1) is 8.75. The SMILES string of the molecule is Cc1ccc(N)c(NCCCc2ccccc2)n1. The number of nitrogens with one attached hydrogen (secondary N) is 1. The van der Waals surface area contributed by atoms with Gasteiger partial charge in [0, 0.05) is 12.2 Å². The predicted molar refractivity (Wildman–Crippen MR) is 76.6 cm³/mol. The average Bonchev–Trinajstić information content (AvgIpc) is 2.40. The molecule has 3 heteroatoms. The van der Waals surface area contributed by atoms with Gasteiger partial charge in [0.05, 0.1) is 5.69 Å². The Morgan fingerprint density at radius 1 is 1.11 bits per heavy atom. The Morgan fingerprint density at radius 2 is 1.89 bits per heavy atom. The Kier molecular flexibility index (Phi) is 4.18. The molecular formula is C15H19N3. The maximum atomic E-state index is 5.86. The molecule has 0 aliphatic rings. The Hall–Kier alpha value is -2.03. The van der Waals surface area contributed by atoms with E-state index in [1.54, 1.807) is 0 Å². The number of aromatic nitrogens is 1. The third kappa shape index (κ3) is 3.48. The van der Waals surface area contributed by atoms with Crippen molar-refractivity contribution in [3.63, 3.8) is 0 Å². The normalized spacial score (nSPS) is 10.3. The van der Waals surface area contributed by atoms with Crippen molar-refractivity contribution in [2.24, 2.45) is 0 Å². The Morgan fingerprint density at radius 3 is 2.67 bits per heavy atom. The zero-order valence-electron chi connectivity index (χ0n) is 10.7. The van der Waals surface area contributed by atoms with Crippen LogP contribution in [-0.2, 0) is 6.42 Å². The van der Waals surface area contributed by atoms with E-state index in [9.17, 15) is 0 Å². The maximum Gasteiger partial charge on any atom is 0.149 e. The number of rotatable bonds is 5. The van der Waals surface area contributed by atoms with E-state index in [4.69, 9.17) is 5.73 Å². The van der Waals surface area contributed by atoms with Gasteiger partial charge in [0.2, 0.25) is 0 Å². The summed E-state index contributed by atoms with van der Waals surface area (Å²) < 4.78 is 0. The van der Waals surface area contributed by atoms with Crippen molar-refractivity contribution in [2.75, 3.05) is 17.6 Å². The largest absolute Gasteiger partial charge is 0.396 e. The fourth-order valence-electron chi connectivity index (χ4n) is 1.85. The van der Waals surface area contributed by atoms with E-state index < -0.39 is 0 Å². The molecule has 3 N–H and O–H groups in total. The zero-order valence-corrected chi connectivity index (χ0v) is 10.7. The molecule has 0 spiro atoms. The van der Waals surface area contributed by atoms with Gasteiger partial charge in [-0.25, -0.2) is 4.98 Å². The standard InChI is InChI=1S/C15H19N3/c1-12-9-10-14(16)15(18-12)17-11-5-8-13-6-3-2-4-7-13/h2-4,6-7,9-10H,5,8,11,16H2,1H3,(H,17,18). The van der Waals surface area contributed by atoms with E-state index in [-0.39, 0.29) is 0 Å². The summed E-state index contributed by atoms with van der Waals surface area (Å²) in [4.78, 5) is 4.38. The first-order valence-corrected chi connectivity index (χ1v) is 6.26. The molecule has 0 unspecified atom stereocenters. The summed E-state index contributed by atoms with van der Waals surface area (Å²) in [5.74, 6) is 0.795. The molecule has 0 amide bonds. The summed E-state index contributed by atoms with van der Waals surface area (Å²) in [7, 11) is 0. The molecule has 0 bridgehead atoms. The van der Waals surface area contributed by atoms with Gasteiger partial charge < -0.3 is 11.1 Å². The van der Waals surface area contributed by atoms with Gasteiger partial charge >= 0.3 is 0 Å². The first kappa shape index (κ1) is 12.4. The summed E-state index contributed by atoms with van der Waals surface area (Å²) in [6, 6.07) is 14.3. The van der Waals surface area contributed by atoms with Gasteiger partial charge in [0.15, 0.2) is 0 Å². The smallest absolute Gasteiger partial charge is 0.149 e. The molecule has 2 aromatic rings. The van der Waals surface area contributed by atoms with Gasteiger partial charge in [0.1, 0.15) is 5.82 Å². The fourth-order valence-corrected chi connectivity index (χ4v) is 1.85. The lowest BCUT2D eigenvalue weighted by Gasteiger charge is -2.08. The molecular weight excluding hydrogens is 222 g/mol. The molecule has 2 rings (SSSR count). The van der Waals surface area contributed by atoms with Crippen molar-refractivity contribution in [2.45, 2.75) is 19.8 Å². The average molecular weight is 241 g/mol. The minimum Gasteiger partial charge on any atom is -0.396 e. The second-order valence-corrected chi connectivity index (χ2v) is 4.41. The number of nitrogen functional groups attached to an aromatic ring is 1. The highest BCUT2D eigenvalue weighted by Crippen LogP contribution is 2.15. The third-order valence-corrected chi connectivity index (χ3v) is 2.84. The number of aryl methyl sites for hydroxylation is 2. The van der Waals surface area contributed by atoms with Crippen LogP contribution in [0.4, 0.5) is 11.5 Å².